The van der Waals surface area contributed by atoms with Gasteiger partial charge in [-0.15, -0.1) is 0 Å². The molecule has 0 bridgehead atoms. The summed E-state index contributed by atoms with van der Waals surface area (Å²) < 4.78 is 11.6. The van der Waals surface area contributed by atoms with Crippen LogP contribution in [0.4, 0.5) is 0 Å². The van der Waals surface area contributed by atoms with Crippen LogP contribution in [0.5, 0.6) is 11.5 Å². The highest BCUT2D eigenvalue weighted by Crippen LogP contribution is 2.46. The van der Waals surface area contributed by atoms with Crippen molar-refractivity contribution in [3.05, 3.63) is 101 Å². The van der Waals surface area contributed by atoms with Crippen molar-refractivity contribution in [3.8, 4) is 22.6 Å². The molecule has 0 saturated carbocycles. The predicted octanol–water partition coefficient (Wildman–Crippen LogP) is 6.74. The number of methoxy groups -OCH3 is 2. The van der Waals surface area contributed by atoms with E-state index in [0.29, 0.717) is 21.5 Å². The maximum absolute atomic E-state index is 6.62. The Morgan fingerprint density at radius 1 is 0.625 bits per heavy atom. The second-order valence-corrected chi connectivity index (χ2v) is 10.4. The Bertz CT molecular complexity index is 1190. The van der Waals surface area contributed by atoms with Crippen molar-refractivity contribution < 1.29 is 9.47 Å². The van der Waals surface area contributed by atoms with Gasteiger partial charge in [-0.1, -0.05) is 83.9 Å². The highest BCUT2D eigenvalue weighted by Gasteiger charge is 2.26. The van der Waals surface area contributed by atoms with Crippen molar-refractivity contribution in [1.29, 1.82) is 0 Å². The van der Waals surface area contributed by atoms with Gasteiger partial charge in [0.25, 0.3) is 0 Å². The van der Waals surface area contributed by atoms with Crippen LogP contribution in [-0.4, -0.2) is 14.2 Å². The van der Waals surface area contributed by atoms with Gasteiger partial charge in [0.05, 0.1) is 14.2 Å². The van der Waals surface area contributed by atoms with E-state index < -0.39 is 7.92 Å². The van der Waals surface area contributed by atoms with Crippen molar-refractivity contribution in [2.75, 3.05) is 14.2 Å². The summed E-state index contributed by atoms with van der Waals surface area (Å²) >= 11 is 13.0. The fourth-order valence-corrected chi connectivity index (χ4v) is 6.99. The molecule has 0 spiro atoms. The Kier molecular flexibility index (Phi) is 7.06. The van der Waals surface area contributed by atoms with Gasteiger partial charge in [-0.3, -0.25) is 0 Å². The molecule has 4 aromatic rings. The zero-order valence-corrected chi connectivity index (χ0v) is 20.5. The van der Waals surface area contributed by atoms with Gasteiger partial charge < -0.3 is 9.47 Å². The average Bonchev–Trinajstić information content (AvgIpc) is 2.80. The molecule has 0 aliphatic rings. The molecule has 4 rings (SSSR count). The molecule has 0 fully saturated rings. The molecule has 0 aromatic heterocycles. The Morgan fingerprint density at radius 3 is 1.59 bits per heavy atom. The number of hydrogen-bond acceptors (Lipinski definition) is 2. The van der Waals surface area contributed by atoms with Gasteiger partial charge >= 0.3 is 0 Å². The summed E-state index contributed by atoms with van der Waals surface area (Å²) in [7, 11) is 2.41. The lowest BCUT2D eigenvalue weighted by atomic mass is 9.98. The summed E-state index contributed by atoms with van der Waals surface area (Å²) in [5.41, 5.74) is 2.94. The quantitative estimate of drug-likeness (QED) is 0.284. The molecular formula is C27H23Cl2O2P. The minimum Gasteiger partial charge on any atom is -0.496 e. The van der Waals surface area contributed by atoms with Crippen LogP contribution in [0.25, 0.3) is 11.1 Å². The third-order valence-electron chi connectivity index (χ3n) is 5.27. The van der Waals surface area contributed by atoms with Crippen LogP contribution < -0.4 is 25.4 Å². The molecule has 4 aromatic carbocycles. The Hall–Kier alpha value is -2.51. The first-order valence-corrected chi connectivity index (χ1v) is 12.3. The molecule has 32 heavy (non-hydrogen) atoms. The van der Waals surface area contributed by atoms with Gasteiger partial charge in [-0.2, -0.15) is 0 Å². The van der Waals surface area contributed by atoms with Crippen molar-refractivity contribution in [3.63, 3.8) is 0 Å². The van der Waals surface area contributed by atoms with Crippen LogP contribution in [0.15, 0.2) is 84.9 Å². The van der Waals surface area contributed by atoms with Crippen molar-refractivity contribution in [2.45, 2.75) is 6.92 Å². The molecule has 0 saturated heterocycles. The molecule has 2 nitrogen and oxygen atoms in total. The van der Waals surface area contributed by atoms with Crippen LogP contribution in [0.2, 0.25) is 10.0 Å². The number of ether oxygens (including phenoxy) is 2. The third-order valence-corrected chi connectivity index (χ3v) is 8.17. The summed E-state index contributed by atoms with van der Waals surface area (Å²) in [6.45, 7) is 2.04. The maximum atomic E-state index is 6.62. The first kappa shape index (κ1) is 22.7. The molecule has 0 aliphatic carbocycles. The van der Waals surface area contributed by atoms with Crippen LogP contribution in [0, 0.1) is 6.92 Å². The minimum absolute atomic E-state index is 0.630. The summed E-state index contributed by atoms with van der Waals surface area (Å²) in [5.74, 6) is 1.41. The van der Waals surface area contributed by atoms with Gasteiger partial charge in [0, 0.05) is 21.2 Å². The zero-order chi connectivity index (χ0) is 22.7. The number of benzene rings is 4. The van der Waals surface area contributed by atoms with E-state index >= 15 is 0 Å². The van der Waals surface area contributed by atoms with Gasteiger partial charge in [0.1, 0.15) is 11.5 Å². The second-order valence-electron chi connectivity index (χ2n) is 7.31. The van der Waals surface area contributed by atoms with Gasteiger partial charge in [0.15, 0.2) is 0 Å². The summed E-state index contributed by atoms with van der Waals surface area (Å²) in [6, 6.07) is 28.7. The van der Waals surface area contributed by atoms with Gasteiger partial charge in [-0.05, 0) is 60.6 Å². The van der Waals surface area contributed by atoms with Crippen LogP contribution in [-0.2, 0) is 0 Å². The predicted molar refractivity (Wildman–Crippen MR) is 138 cm³/mol. The van der Waals surface area contributed by atoms with E-state index in [1.54, 1.807) is 14.2 Å². The fraction of sp³-hybridized carbons (Fsp3) is 0.111. The third kappa shape index (κ3) is 4.50. The van der Waals surface area contributed by atoms with E-state index in [9.17, 15) is 0 Å². The SMILES string of the molecule is COc1cc(Cl)cc(C)c1-c1c(OC)cc(Cl)cc1P(c1ccccc1)c1ccccc1. The lowest BCUT2D eigenvalue weighted by molar-refractivity contribution is 0.410. The summed E-state index contributed by atoms with van der Waals surface area (Å²) in [4.78, 5) is 0. The molecule has 0 unspecified atom stereocenters. The van der Waals surface area contributed by atoms with E-state index in [-0.39, 0.29) is 0 Å². The number of aryl methyl sites for hydroxylation is 1. The summed E-state index contributed by atoms with van der Waals surface area (Å²) in [5, 5.41) is 4.82. The normalized spacial score (nSPS) is 10.9. The average molecular weight is 481 g/mol. The largest absolute Gasteiger partial charge is 0.496 e. The van der Waals surface area contributed by atoms with E-state index in [0.717, 1.165) is 22.0 Å². The van der Waals surface area contributed by atoms with Crippen molar-refractivity contribution in [1.82, 2.24) is 0 Å². The van der Waals surface area contributed by atoms with Crippen molar-refractivity contribution >= 4 is 47.0 Å². The first-order valence-electron chi connectivity index (χ1n) is 10.2. The Balaban J connectivity index is 2.10. The topological polar surface area (TPSA) is 18.5 Å². The molecule has 162 valence electrons. The first-order chi connectivity index (χ1) is 15.5. The van der Waals surface area contributed by atoms with E-state index in [2.05, 4.69) is 54.6 Å². The van der Waals surface area contributed by atoms with Crippen LogP contribution in [0.3, 0.4) is 0 Å². The van der Waals surface area contributed by atoms with Crippen LogP contribution >= 0.6 is 31.1 Å². The lowest BCUT2D eigenvalue weighted by Crippen LogP contribution is -2.23. The Morgan fingerprint density at radius 2 is 1.09 bits per heavy atom. The van der Waals surface area contributed by atoms with E-state index in [4.69, 9.17) is 32.7 Å². The molecule has 0 heterocycles. The fourth-order valence-electron chi connectivity index (χ4n) is 3.93. The highest BCUT2D eigenvalue weighted by atomic mass is 35.5. The molecule has 0 atom stereocenters. The van der Waals surface area contributed by atoms with Gasteiger partial charge in [-0.25, -0.2) is 0 Å². The minimum atomic E-state index is -0.919. The van der Waals surface area contributed by atoms with Crippen molar-refractivity contribution in [2.24, 2.45) is 0 Å². The molecule has 0 amide bonds. The maximum Gasteiger partial charge on any atom is 0.128 e. The van der Waals surface area contributed by atoms with Gasteiger partial charge in [0.2, 0.25) is 0 Å². The molecular weight excluding hydrogens is 458 g/mol. The zero-order valence-electron chi connectivity index (χ0n) is 18.1. The molecule has 0 aliphatic heterocycles. The monoisotopic (exact) mass is 480 g/mol. The number of hydrogen-bond donors (Lipinski definition) is 0. The lowest BCUT2D eigenvalue weighted by Gasteiger charge is -2.26. The van der Waals surface area contributed by atoms with Crippen LogP contribution in [0.1, 0.15) is 5.56 Å². The molecule has 0 N–H and O–H groups in total. The van der Waals surface area contributed by atoms with E-state index in [1.165, 1.54) is 10.6 Å². The smallest absolute Gasteiger partial charge is 0.128 e. The molecule has 5 heteroatoms. The summed E-state index contributed by atoms with van der Waals surface area (Å²) in [6.07, 6.45) is 0. The molecule has 0 radical (unpaired) electrons. The second kappa shape index (κ2) is 9.96. The van der Waals surface area contributed by atoms with E-state index in [1.807, 2.05) is 37.3 Å². The highest BCUT2D eigenvalue weighted by molar-refractivity contribution is 7.80. The standard InChI is InChI=1S/C27H23Cl2O2P/c1-18-14-19(28)15-23(30-2)26(18)27-24(31-3)16-20(29)17-25(27)32(21-10-6-4-7-11-21)22-12-8-5-9-13-22/h4-17H,1-3H3. The number of halogens is 2. The number of rotatable bonds is 6. The Labute approximate surface area is 200 Å².